The second kappa shape index (κ2) is 12.1. The number of Topliss-reactive ketones (excluding diaryl/α,β-unsaturated/α-hetero) is 1. The molecular weight excluding hydrogens is 480 g/mol. The quantitative estimate of drug-likeness (QED) is 0.430. The molecule has 8 heteroatoms. The Hall–Kier alpha value is -4.59. The molecule has 0 spiro atoms. The summed E-state index contributed by atoms with van der Waals surface area (Å²) in [6, 6.07) is 24.4. The summed E-state index contributed by atoms with van der Waals surface area (Å²) in [5, 5.41) is 5.34. The van der Waals surface area contributed by atoms with E-state index in [1.54, 1.807) is 43.3 Å². The van der Waals surface area contributed by atoms with Crippen LogP contribution >= 0.6 is 0 Å². The Balaban J connectivity index is 1.73. The summed E-state index contributed by atoms with van der Waals surface area (Å²) in [5.41, 5.74) is 2.92. The third kappa shape index (κ3) is 6.03. The Morgan fingerprint density at radius 2 is 1.55 bits per heavy atom. The molecule has 0 radical (unpaired) electrons. The number of aliphatic imine (C=N–C) groups is 1. The Morgan fingerprint density at radius 1 is 0.921 bits per heavy atom. The van der Waals surface area contributed by atoms with Gasteiger partial charge in [0.05, 0.1) is 17.9 Å². The van der Waals surface area contributed by atoms with Crippen molar-refractivity contribution >= 4 is 34.9 Å². The number of benzodiazepines with no additional fused rings is 1. The molecule has 0 aliphatic carbocycles. The molecule has 2 atom stereocenters. The van der Waals surface area contributed by atoms with Gasteiger partial charge in [0.25, 0.3) is 5.91 Å². The van der Waals surface area contributed by atoms with E-state index in [9.17, 15) is 19.2 Å². The summed E-state index contributed by atoms with van der Waals surface area (Å²) in [5.74, 6) is -1.60. The van der Waals surface area contributed by atoms with E-state index in [2.05, 4.69) is 10.6 Å². The third-order valence-corrected chi connectivity index (χ3v) is 6.18. The highest BCUT2D eigenvalue weighted by Crippen LogP contribution is 2.28. The minimum Gasteiger partial charge on any atom is -0.345 e. The van der Waals surface area contributed by atoms with Gasteiger partial charge in [-0.1, -0.05) is 85.8 Å². The van der Waals surface area contributed by atoms with Crippen LogP contribution in [0.3, 0.4) is 0 Å². The van der Waals surface area contributed by atoms with Crippen LogP contribution in [0.15, 0.2) is 89.9 Å². The van der Waals surface area contributed by atoms with Crippen LogP contribution in [0.4, 0.5) is 5.69 Å². The number of nitrogens with one attached hydrogen (secondary N) is 2. The molecule has 194 valence electrons. The van der Waals surface area contributed by atoms with Gasteiger partial charge in [-0.2, -0.15) is 0 Å². The molecule has 3 amide bonds. The average molecular weight is 511 g/mol. The van der Waals surface area contributed by atoms with Crippen LogP contribution in [0, 0.1) is 0 Å². The average Bonchev–Trinajstić information content (AvgIpc) is 3.04. The molecule has 1 heterocycles. The SMILES string of the molecule is CCCC(=O)N[C@@H](C)C(=O)NC1N=C(c2ccccc2)c2ccccc2N(CC(=O)c2ccccc2)C1=O. The second-order valence-electron chi connectivity index (χ2n) is 9.02. The highest BCUT2D eigenvalue weighted by Gasteiger charge is 2.35. The Labute approximate surface area is 221 Å². The number of amides is 3. The van der Waals surface area contributed by atoms with Gasteiger partial charge >= 0.3 is 0 Å². The van der Waals surface area contributed by atoms with Crippen LogP contribution in [0.25, 0.3) is 0 Å². The van der Waals surface area contributed by atoms with Crippen molar-refractivity contribution in [2.24, 2.45) is 4.99 Å². The molecule has 8 nitrogen and oxygen atoms in total. The number of para-hydroxylation sites is 1. The molecule has 2 N–H and O–H groups in total. The molecule has 1 unspecified atom stereocenters. The second-order valence-corrected chi connectivity index (χ2v) is 9.02. The summed E-state index contributed by atoms with van der Waals surface area (Å²) < 4.78 is 0. The molecule has 3 aromatic carbocycles. The number of rotatable bonds is 9. The number of carbonyl (C=O) groups is 4. The van der Waals surface area contributed by atoms with E-state index in [-0.39, 0.29) is 18.2 Å². The molecule has 0 fully saturated rings. The first-order chi connectivity index (χ1) is 18.4. The van der Waals surface area contributed by atoms with E-state index in [1.165, 1.54) is 4.90 Å². The number of hydrogen-bond acceptors (Lipinski definition) is 5. The third-order valence-electron chi connectivity index (χ3n) is 6.18. The number of anilines is 1. The number of benzene rings is 3. The maximum Gasteiger partial charge on any atom is 0.272 e. The van der Waals surface area contributed by atoms with Gasteiger partial charge in [-0.25, -0.2) is 4.99 Å². The fourth-order valence-corrected chi connectivity index (χ4v) is 4.24. The lowest BCUT2D eigenvalue weighted by Gasteiger charge is -2.25. The first-order valence-corrected chi connectivity index (χ1v) is 12.6. The summed E-state index contributed by atoms with van der Waals surface area (Å²) in [7, 11) is 0. The lowest BCUT2D eigenvalue weighted by molar-refractivity contribution is -0.130. The van der Waals surface area contributed by atoms with E-state index < -0.39 is 24.0 Å². The van der Waals surface area contributed by atoms with Gasteiger partial charge in [0.1, 0.15) is 6.04 Å². The number of ketones is 1. The highest BCUT2D eigenvalue weighted by molar-refractivity contribution is 6.21. The molecule has 0 aromatic heterocycles. The Morgan fingerprint density at radius 3 is 2.24 bits per heavy atom. The molecule has 38 heavy (non-hydrogen) atoms. The summed E-state index contributed by atoms with van der Waals surface area (Å²) in [6.07, 6.45) is -0.366. The van der Waals surface area contributed by atoms with Gasteiger partial charge in [-0.15, -0.1) is 0 Å². The first kappa shape index (κ1) is 26.5. The van der Waals surface area contributed by atoms with E-state index in [4.69, 9.17) is 4.99 Å². The monoisotopic (exact) mass is 510 g/mol. The minimum atomic E-state index is -1.31. The minimum absolute atomic E-state index is 0.230. The molecule has 0 saturated carbocycles. The fraction of sp³-hybridized carbons (Fsp3) is 0.233. The van der Waals surface area contributed by atoms with Crippen LogP contribution in [-0.2, 0) is 14.4 Å². The lowest BCUT2D eigenvalue weighted by atomic mass is 10.00. The van der Waals surface area contributed by atoms with Gasteiger partial charge in [0.2, 0.25) is 18.0 Å². The smallest absolute Gasteiger partial charge is 0.272 e. The van der Waals surface area contributed by atoms with Gasteiger partial charge in [-0.3, -0.25) is 19.2 Å². The topological polar surface area (TPSA) is 108 Å². The summed E-state index contributed by atoms with van der Waals surface area (Å²) >= 11 is 0. The largest absolute Gasteiger partial charge is 0.345 e. The zero-order valence-electron chi connectivity index (χ0n) is 21.4. The van der Waals surface area contributed by atoms with Crippen molar-refractivity contribution in [2.75, 3.05) is 11.4 Å². The summed E-state index contributed by atoms with van der Waals surface area (Å²) in [6.45, 7) is 3.20. The van der Waals surface area contributed by atoms with Crippen LogP contribution < -0.4 is 15.5 Å². The van der Waals surface area contributed by atoms with Crippen molar-refractivity contribution in [1.29, 1.82) is 0 Å². The molecule has 4 rings (SSSR count). The van der Waals surface area contributed by atoms with E-state index in [0.29, 0.717) is 35.4 Å². The molecule has 1 aliphatic heterocycles. The van der Waals surface area contributed by atoms with Crippen molar-refractivity contribution in [3.8, 4) is 0 Å². The highest BCUT2D eigenvalue weighted by atomic mass is 16.2. The van der Waals surface area contributed by atoms with Crippen molar-refractivity contribution in [2.45, 2.75) is 38.9 Å². The molecule has 1 aliphatic rings. The van der Waals surface area contributed by atoms with Crippen molar-refractivity contribution < 1.29 is 19.2 Å². The molecule has 0 bridgehead atoms. The van der Waals surface area contributed by atoms with Crippen LogP contribution in [0.5, 0.6) is 0 Å². The maximum absolute atomic E-state index is 13.9. The number of carbonyl (C=O) groups excluding carboxylic acids is 4. The molecule has 3 aromatic rings. The van der Waals surface area contributed by atoms with E-state index in [1.807, 2.05) is 55.5 Å². The first-order valence-electron chi connectivity index (χ1n) is 12.6. The number of fused-ring (bicyclic) bond motifs is 1. The van der Waals surface area contributed by atoms with Crippen molar-refractivity contribution in [1.82, 2.24) is 10.6 Å². The Kier molecular flexibility index (Phi) is 8.43. The molecular formula is C30H30N4O4. The predicted octanol–water partition coefficient (Wildman–Crippen LogP) is 3.50. The summed E-state index contributed by atoms with van der Waals surface area (Å²) in [4.78, 5) is 58.2. The zero-order chi connectivity index (χ0) is 27.1. The maximum atomic E-state index is 13.9. The fourth-order valence-electron chi connectivity index (χ4n) is 4.24. The van der Waals surface area contributed by atoms with E-state index in [0.717, 1.165) is 5.56 Å². The normalized spacial score (nSPS) is 15.5. The van der Waals surface area contributed by atoms with Crippen LogP contribution in [-0.4, -0.2) is 48.0 Å². The Bertz CT molecular complexity index is 1350. The van der Waals surface area contributed by atoms with Crippen LogP contribution in [0.2, 0.25) is 0 Å². The molecule has 0 saturated heterocycles. The van der Waals surface area contributed by atoms with E-state index >= 15 is 0 Å². The van der Waals surface area contributed by atoms with Crippen molar-refractivity contribution in [3.05, 3.63) is 102 Å². The van der Waals surface area contributed by atoms with Crippen molar-refractivity contribution in [3.63, 3.8) is 0 Å². The predicted molar refractivity (Wildman–Crippen MR) is 146 cm³/mol. The zero-order valence-corrected chi connectivity index (χ0v) is 21.4. The number of hydrogen-bond donors (Lipinski definition) is 2. The van der Waals surface area contributed by atoms with Gasteiger partial charge < -0.3 is 15.5 Å². The lowest BCUT2D eigenvalue weighted by Crippen LogP contribution is -2.53. The van der Waals surface area contributed by atoms with Gasteiger partial charge in [0.15, 0.2) is 5.78 Å². The standard InChI is InChI=1S/C30H30N4O4/c1-3-12-26(36)31-20(2)29(37)33-28-30(38)34(19-25(35)21-13-6-4-7-14-21)24-18-11-10-17-23(24)27(32-28)22-15-8-5-9-16-22/h4-11,13-18,20,28H,3,12,19H2,1-2H3,(H,31,36)(H,33,37)/t20-,28?/m0/s1. The number of nitrogens with zero attached hydrogens (tertiary/aromatic N) is 2. The van der Waals surface area contributed by atoms with Gasteiger partial charge in [-0.05, 0) is 19.4 Å². The van der Waals surface area contributed by atoms with Gasteiger partial charge in [0, 0.05) is 23.1 Å². The van der Waals surface area contributed by atoms with Crippen LogP contribution in [0.1, 0.15) is 48.2 Å².